The van der Waals surface area contributed by atoms with Gasteiger partial charge in [0, 0.05) is 23.8 Å². The largest absolute Gasteiger partial charge is 0.326 e. The predicted molar refractivity (Wildman–Crippen MR) is 56.2 cm³/mol. The minimum atomic E-state index is 0.0152. The molecule has 0 bridgehead atoms. The molecule has 1 aromatic heterocycles. The smallest absolute Gasteiger partial charge is 0.256 e. The van der Waals surface area contributed by atoms with Gasteiger partial charge >= 0.3 is 0 Å². The van der Waals surface area contributed by atoms with E-state index in [0.717, 1.165) is 12.1 Å². The van der Waals surface area contributed by atoms with Crippen LogP contribution in [0.25, 0.3) is 0 Å². The molecule has 0 aromatic carbocycles. The zero-order valence-electron chi connectivity index (χ0n) is 8.95. The maximum absolute atomic E-state index is 11.7. The van der Waals surface area contributed by atoms with Crippen molar-refractivity contribution in [3.05, 3.63) is 27.9 Å². The van der Waals surface area contributed by atoms with Gasteiger partial charge in [0.05, 0.1) is 6.33 Å². The first-order chi connectivity index (χ1) is 6.56. The summed E-state index contributed by atoms with van der Waals surface area (Å²) in [6, 6.07) is 0.0246. The van der Waals surface area contributed by atoms with Crippen LogP contribution in [0, 0.1) is 13.8 Å². The molecule has 0 aliphatic heterocycles. The second kappa shape index (κ2) is 4.37. The van der Waals surface area contributed by atoms with Gasteiger partial charge in [-0.05, 0) is 20.3 Å². The zero-order chi connectivity index (χ0) is 10.7. The molecular formula is C10H17N3O. The molecular weight excluding hydrogens is 178 g/mol. The van der Waals surface area contributed by atoms with E-state index in [9.17, 15) is 4.79 Å². The first-order valence-corrected chi connectivity index (χ1v) is 4.84. The van der Waals surface area contributed by atoms with Gasteiger partial charge < -0.3 is 5.73 Å². The highest BCUT2D eigenvalue weighted by atomic mass is 16.1. The Labute approximate surface area is 83.8 Å². The second-order valence-corrected chi connectivity index (χ2v) is 3.58. The number of nitrogens with zero attached hydrogens (tertiary/aromatic N) is 2. The highest BCUT2D eigenvalue weighted by molar-refractivity contribution is 5.12. The topological polar surface area (TPSA) is 60.9 Å². The highest BCUT2D eigenvalue weighted by Crippen LogP contribution is 1.96. The summed E-state index contributed by atoms with van der Waals surface area (Å²) in [6.07, 6.45) is 2.43. The molecule has 0 spiro atoms. The zero-order valence-corrected chi connectivity index (χ0v) is 8.95. The van der Waals surface area contributed by atoms with Crippen LogP contribution in [0.3, 0.4) is 0 Å². The van der Waals surface area contributed by atoms with E-state index in [1.54, 1.807) is 17.8 Å². The molecule has 1 atom stereocenters. The normalized spacial score (nSPS) is 12.9. The van der Waals surface area contributed by atoms with E-state index in [4.69, 9.17) is 5.73 Å². The maximum Gasteiger partial charge on any atom is 0.256 e. The van der Waals surface area contributed by atoms with E-state index >= 15 is 0 Å². The van der Waals surface area contributed by atoms with E-state index in [2.05, 4.69) is 4.98 Å². The average molecular weight is 195 g/mol. The van der Waals surface area contributed by atoms with Crippen molar-refractivity contribution in [1.82, 2.24) is 9.55 Å². The lowest BCUT2D eigenvalue weighted by Gasteiger charge is -2.11. The Morgan fingerprint density at radius 1 is 1.57 bits per heavy atom. The van der Waals surface area contributed by atoms with Crippen LogP contribution in [0.15, 0.2) is 11.1 Å². The van der Waals surface area contributed by atoms with Crippen LogP contribution in [0.2, 0.25) is 0 Å². The molecule has 0 amide bonds. The van der Waals surface area contributed by atoms with E-state index < -0.39 is 0 Å². The van der Waals surface area contributed by atoms with Gasteiger partial charge in [0.1, 0.15) is 0 Å². The predicted octanol–water partition coefficient (Wildman–Crippen LogP) is 0.597. The summed E-state index contributed by atoms with van der Waals surface area (Å²) in [7, 11) is 0. The molecule has 14 heavy (non-hydrogen) atoms. The third-order valence-electron chi connectivity index (χ3n) is 2.47. The molecule has 0 aliphatic rings. The fraction of sp³-hybridized carbons (Fsp3) is 0.600. The molecule has 0 fully saturated rings. The minimum absolute atomic E-state index is 0.0152. The van der Waals surface area contributed by atoms with Crippen molar-refractivity contribution in [3.8, 4) is 0 Å². The lowest BCUT2D eigenvalue weighted by Crippen LogP contribution is -2.33. The second-order valence-electron chi connectivity index (χ2n) is 3.58. The van der Waals surface area contributed by atoms with Gasteiger partial charge in [-0.2, -0.15) is 0 Å². The van der Waals surface area contributed by atoms with Crippen molar-refractivity contribution < 1.29 is 0 Å². The molecule has 0 saturated carbocycles. The van der Waals surface area contributed by atoms with Gasteiger partial charge in [0.15, 0.2) is 0 Å². The van der Waals surface area contributed by atoms with Crippen molar-refractivity contribution in [1.29, 1.82) is 0 Å². The molecule has 1 aromatic rings. The fourth-order valence-corrected chi connectivity index (χ4v) is 1.19. The van der Waals surface area contributed by atoms with Crippen LogP contribution in [-0.2, 0) is 6.54 Å². The van der Waals surface area contributed by atoms with Gasteiger partial charge in [-0.3, -0.25) is 9.36 Å². The van der Waals surface area contributed by atoms with Gasteiger partial charge in [0.25, 0.3) is 5.56 Å². The number of hydrogen-bond donors (Lipinski definition) is 1. The van der Waals surface area contributed by atoms with Crippen LogP contribution in [0.4, 0.5) is 0 Å². The number of aryl methyl sites for hydroxylation is 1. The van der Waals surface area contributed by atoms with E-state index in [1.165, 1.54) is 0 Å². The van der Waals surface area contributed by atoms with Crippen LogP contribution in [-0.4, -0.2) is 15.6 Å². The molecule has 1 rings (SSSR count). The highest BCUT2D eigenvalue weighted by Gasteiger charge is 2.06. The van der Waals surface area contributed by atoms with E-state index in [1.807, 2.05) is 13.8 Å². The summed E-state index contributed by atoms with van der Waals surface area (Å²) in [4.78, 5) is 15.8. The molecule has 2 N–H and O–H groups in total. The average Bonchev–Trinajstić information content (AvgIpc) is 2.19. The van der Waals surface area contributed by atoms with E-state index in [0.29, 0.717) is 12.1 Å². The quantitative estimate of drug-likeness (QED) is 0.768. The SMILES string of the molecule is CCC(N)Cn1cnc(C)c(C)c1=O. The number of nitrogens with two attached hydrogens (primary N) is 1. The molecule has 1 heterocycles. The molecule has 4 nitrogen and oxygen atoms in total. The molecule has 0 saturated heterocycles. The standard InChI is InChI=1S/C10H17N3O/c1-4-9(11)5-13-6-12-8(3)7(2)10(13)14/h6,9H,4-5,11H2,1-3H3. The molecule has 0 radical (unpaired) electrons. The van der Waals surface area contributed by atoms with Crippen molar-refractivity contribution in [2.75, 3.05) is 0 Å². The van der Waals surface area contributed by atoms with Crippen LogP contribution in [0.1, 0.15) is 24.6 Å². The number of rotatable bonds is 3. The Bertz CT molecular complexity index is 370. The first-order valence-electron chi connectivity index (χ1n) is 4.84. The van der Waals surface area contributed by atoms with Gasteiger partial charge in [-0.25, -0.2) is 4.98 Å². The minimum Gasteiger partial charge on any atom is -0.326 e. The lowest BCUT2D eigenvalue weighted by atomic mass is 10.2. The third kappa shape index (κ3) is 2.20. The summed E-state index contributed by atoms with van der Waals surface area (Å²) in [6.45, 7) is 6.17. The lowest BCUT2D eigenvalue weighted by molar-refractivity contribution is 0.519. The molecule has 4 heteroatoms. The fourth-order valence-electron chi connectivity index (χ4n) is 1.19. The number of hydrogen-bond acceptors (Lipinski definition) is 3. The summed E-state index contributed by atoms with van der Waals surface area (Å²) in [5.74, 6) is 0. The third-order valence-corrected chi connectivity index (χ3v) is 2.47. The molecule has 78 valence electrons. The molecule has 1 unspecified atom stereocenters. The van der Waals surface area contributed by atoms with Crippen LogP contribution >= 0.6 is 0 Å². The number of aromatic nitrogens is 2. The Hall–Kier alpha value is -1.16. The van der Waals surface area contributed by atoms with Gasteiger partial charge in [-0.1, -0.05) is 6.92 Å². The van der Waals surface area contributed by atoms with E-state index in [-0.39, 0.29) is 11.6 Å². The Kier molecular flexibility index (Phi) is 3.41. The Morgan fingerprint density at radius 2 is 2.21 bits per heavy atom. The van der Waals surface area contributed by atoms with Crippen LogP contribution in [0.5, 0.6) is 0 Å². The van der Waals surface area contributed by atoms with Gasteiger partial charge in [0.2, 0.25) is 0 Å². The first kappa shape index (κ1) is 10.9. The summed E-state index contributed by atoms with van der Waals surface area (Å²) in [5, 5.41) is 0. The van der Waals surface area contributed by atoms with Gasteiger partial charge in [-0.15, -0.1) is 0 Å². The Balaban J connectivity index is 3.00. The van der Waals surface area contributed by atoms with Crippen molar-refractivity contribution >= 4 is 0 Å². The van der Waals surface area contributed by atoms with Crippen molar-refractivity contribution in [2.24, 2.45) is 5.73 Å². The molecule has 0 aliphatic carbocycles. The Morgan fingerprint density at radius 3 is 2.79 bits per heavy atom. The van der Waals surface area contributed by atoms with Crippen LogP contribution < -0.4 is 11.3 Å². The van der Waals surface area contributed by atoms with Crippen molar-refractivity contribution in [3.63, 3.8) is 0 Å². The monoisotopic (exact) mass is 195 g/mol. The van der Waals surface area contributed by atoms with Crippen molar-refractivity contribution in [2.45, 2.75) is 39.8 Å². The summed E-state index contributed by atoms with van der Waals surface area (Å²) < 4.78 is 1.58. The summed E-state index contributed by atoms with van der Waals surface area (Å²) in [5.41, 5.74) is 7.28. The maximum atomic E-state index is 11.7. The summed E-state index contributed by atoms with van der Waals surface area (Å²) >= 11 is 0.